The van der Waals surface area contributed by atoms with Crippen LogP contribution in [0.15, 0.2) is 115 Å². The molecule has 156 valence electrons. The second-order valence-corrected chi connectivity index (χ2v) is 8.67. The van der Waals surface area contributed by atoms with Gasteiger partial charge in [0.1, 0.15) is 0 Å². The van der Waals surface area contributed by atoms with Gasteiger partial charge in [0.15, 0.2) is 0 Å². The van der Waals surface area contributed by atoms with Gasteiger partial charge in [0.25, 0.3) is 0 Å². The fourth-order valence-corrected chi connectivity index (χ4v) is 5.53. The fraction of sp³-hybridized carbons (Fsp3) is 0.0323. The molecule has 0 bridgehead atoms. The Kier molecular flexibility index (Phi) is 3.80. The molecule has 0 unspecified atom stereocenters. The van der Waals surface area contributed by atoms with Crippen molar-refractivity contribution in [3.8, 4) is 16.8 Å². The maximum absolute atomic E-state index is 2.41. The third-order valence-electron chi connectivity index (χ3n) is 6.92. The van der Waals surface area contributed by atoms with Crippen LogP contribution in [0.25, 0.3) is 60.4 Å². The van der Waals surface area contributed by atoms with Crippen LogP contribution in [0, 0.1) is 0 Å². The number of benzene rings is 5. The largest absolute Gasteiger partial charge is 0.343 e. The predicted molar refractivity (Wildman–Crippen MR) is 140 cm³/mol. The van der Waals surface area contributed by atoms with Gasteiger partial charge < -0.3 is 9.13 Å². The van der Waals surface area contributed by atoms with Gasteiger partial charge in [-0.1, -0.05) is 84.9 Å². The number of para-hydroxylation sites is 2. The van der Waals surface area contributed by atoms with E-state index in [4.69, 9.17) is 0 Å². The van der Waals surface area contributed by atoms with Crippen LogP contribution in [-0.2, 0) is 7.05 Å². The van der Waals surface area contributed by atoms with Crippen molar-refractivity contribution in [3.63, 3.8) is 0 Å². The lowest BCUT2D eigenvalue weighted by Gasteiger charge is -2.08. The van der Waals surface area contributed by atoms with Crippen LogP contribution in [-0.4, -0.2) is 9.13 Å². The maximum atomic E-state index is 2.41. The number of hydrogen-bond acceptors (Lipinski definition) is 0. The van der Waals surface area contributed by atoms with Gasteiger partial charge in [-0.2, -0.15) is 0 Å². The minimum absolute atomic E-state index is 1.18. The standard InChI is InChI=1S/C31H22N2/c1-32-26-17-9-8-15-24(26)25-19-20-28-30(31(25)32)29-23(21-11-4-2-5-12-21)16-10-18-27(29)33(28)22-13-6-3-7-14-22/h2-20H,1H3. The van der Waals surface area contributed by atoms with E-state index in [1.165, 1.54) is 60.4 Å². The molecular weight excluding hydrogens is 400 g/mol. The van der Waals surface area contributed by atoms with Crippen LogP contribution < -0.4 is 0 Å². The number of rotatable bonds is 2. The molecule has 0 aliphatic heterocycles. The molecule has 0 aliphatic carbocycles. The molecule has 2 heteroatoms. The van der Waals surface area contributed by atoms with E-state index in [2.05, 4.69) is 131 Å². The van der Waals surface area contributed by atoms with E-state index < -0.39 is 0 Å². The van der Waals surface area contributed by atoms with Crippen molar-refractivity contribution >= 4 is 43.6 Å². The van der Waals surface area contributed by atoms with Crippen molar-refractivity contribution in [1.82, 2.24) is 9.13 Å². The SMILES string of the molecule is Cn1c2ccccc2c2ccc3c(c4c(-c5ccccc5)cccc4n3-c3ccccc3)c21. The molecule has 2 heterocycles. The topological polar surface area (TPSA) is 9.86 Å². The normalized spacial score (nSPS) is 11.8. The molecule has 0 saturated carbocycles. The smallest absolute Gasteiger partial charge is 0.0590 e. The summed E-state index contributed by atoms with van der Waals surface area (Å²) in [6.45, 7) is 0. The van der Waals surface area contributed by atoms with Gasteiger partial charge in [0, 0.05) is 39.8 Å². The summed E-state index contributed by atoms with van der Waals surface area (Å²) in [5.74, 6) is 0. The Morgan fingerprint density at radius 3 is 1.97 bits per heavy atom. The summed E-state index contributed by atoms with van der Waals surface area (Å²) in [6, 6.07) is 41.4. The monoisotopic (exact) mass is 422 g/mol. The molecule has 0 saturated heterocycles. The highest BCUT2D eigenvalue weighted by molar-refractivity contribution is 6.28. The summed E-state index contributed by atoms with van der Waals surface area (Å²) in [6.07, 6.45) is 0. The van der Waals surface area contributed by atoms with Crippen LogP contribution in [0.5, 0.6) is 0 Å². The number of hydrogen-bond donors (Lipinski definition) is 0. The zero-order valence-electron chi connectivity index (χ0n) is 18.4. The predicted octanol–water partition coefficient (Wildman–Crippen LogP) is 8.10. The van der Waals surface area contributed by atoms with Crippen LogP contribution in [0.4, 0.5) is 0 Å². The molecule has 5 aromatic carbocycles. The van der Waals surface area contributed by atoms with Crippen LogP contribution in [0.2, 0.25) is 0 Å². The Bertz CT molecular complexity index is 1800. The first-order chi connectivity index (χ1) is 16.3. The Labute approximate surface area is 191 Å². The molecule has 7 rings (SSSR count). The molecule has 2 nitrogen and oxygen atoms in total. The van der Waals surface area contributed by atoms with Crippen LogP contribution in [0.3, 0.4) is 0 Å². The molecule has 0 radical (unpaired) electrons. The second kappa shape index (κ2) is 6.85. The molecule has 7 aromatic rings. The summed E-state index contributed by atoms with van der Waals surface area (Å²) in [7, 11) is 2.20. The lowest BCUT2D eigenvalue weighted by atomic mass is 9.98. The molecular formula is C31H22N2. The average molecular weight is 423 g/mol. The molecule has 0 atom stereocenters. The highest BCUT2D eigenvalue weighted by Gasteiger charge is 2.20. The van der Waals surface area contributed by atoms with Crippen LogP contribution in [0.1, 0.15) is 0 Å². The van der Waals surface area contributed by atoms with Crippen molar-refractivity contribution in [3.05, 3.63) is 115 Å². The molecule has 0 aliphatic rings. The molecule has 2 aromatic heterocycles. The minimum Gasteiger partial charge on any atom is -0.343 e. The lowest BCUT2D eigenvalue weighted by molar-refractivity contribution is 1.02. The minimum atomic E-state index is 1.18. The Morgan fingerprint density at radius 2 is 1.15 bits per heavy atom. The van der Waals surface area contributed by atoms with Crippen molar-refractivity contribution in [1.29, 1.82) is 0 Å². The number of aromatic nitrogens is 2. The van der Waals surface area contributed by atoms with Gasteiger partial charge in [-0.05, 0) is 41.5 Å². The van der Waals surface area contributed by atoms with Gasteiger partial charge in [0.05, 0.1) is 16.6 Å². The number of nitrogens with zero attached hydrogens (tertiary/aromatic N) is 2. The average Bonchev–Trinajstić information content (AvgIpc) is 3.37. The van der Waals surface area contributed by atoms with E-state index in [1.54, 1.807) is 0 Å². The lowest BCUT2D eigenvalue weighted by Crippen LogP contribution is -1.93. The van der Waals surface area contributed by atoms with Gasteiger partial charge in [0.2, 0.25) is 0 Å². The Morgan fingerprint density at radius 1 is 0.485 bits per heavy atom. The molecule has 0 N–H and O–H groups in total. The van der Waals surface area contributed by atoms with Crippen molar-refractivity contribution in [2.75, 3.05) is 0 Å². The van der Waals surface area contributed by atoms with E-state index in [1.807, 2.05) is 0 Å². The zero-order valence-corrected chi connectivity index (χ0v) is 18.4. The maximum Gasteiger partial charge on any atom is 0.0590 e. The van der Waals surface area contributed by atoms with Gasteiger partial charge >= 0.3 is 0 Å². The van der Waals surface area contributed by atoms with E-state index >= 15 is 0 Å². The van der Waals surface area contributed by atoms with E-state index in [0.717, 1.165) is 0 Å². The summed E-state index contributed by atoms with van der Waals surface area (Å²) in [5.41, 5.74) is 8.71. The summed E-state index contributed by atoms with van der Waals surface area (Å²) < 4.78 is 4.78. The second-order valence-electron chi connectivity index (χ2n) is 8.67. The highest BCUT2D eigenvalue weighted by Crippen LogP contribution is 2.43. The summed E-state index contributed by atoms with van der Waals surface area (Å²) in [4.78, 5) is 0. The molecule has 0 fully saturated rings. The van der Waals surface area contributed by atoms with Crippen molar-refractivity contribution in [2.45, 2.75) is 0 Å². The van der Waals surface area contributed by atoms with Gasteiger partial charge in [-0.3, -0.25) is 0 Å². The molecule has 0 amide bonds. The van der Waals surface area contributed by atoms with E-state index in [0.29, 0.717) is 0 Å². The van der Waals surface area contributed by atoms with Crippen LogP contribution >= 0.6 is 0 Å². The first-order valence-electron chi connectivity index (χ1n) is 11.4. The van der Waals surface area contributed by atoms with Crippen molar-refractivity contribution in [2.24, 2.45) is 7.05 Å². The molecule has 0 spiro atoms. The first-order valence-corrected chi connectivity index (χ1v) is 11.4. The van der Waals surface area contributed by atoms with E-state index in [-0.39, 0.29) is 0 Å². The highest BCUT2D eigenvalue weighted by atomic mass is 15.0. The van der Waals surface area contributed by atoms with E-state index in [9.17, 15) is 0 Å². The summed E-state index contributed by atoms with van der Waals surface area (Å²) in [5, 5.41) is 5.22. The van der Waals surface area contributed by atoms with Crippen molar-refractivity contribution < 1.29 is 0 Å². The fourth-order valence-electron chi connectivity index (χ4n) is 5.53. The summed E-state index contributed by atoms with van der Waals surface area (Å²) >= 11 is 0. The quantitative estimate of drug-likeness (QED) is 0.266. The third-order valence-corrected chi connectivity index (χ3v) is 6.92. The Balaban J connectivity index is 1.78. The number of fused-ring (bicyclic) bond motifs is 7. The zero-order chi connectivity index (χ0) is 21.9. The Hall–Kier alpha value is -4.30. The van der Waals surface area contributed by atoms with Gasteiger partial charge in [-0.15, -0.1) is 0 Å². The third kappa shape index (κ3) is 2.49. The number of aryl methyl sites for hydroxylation is 1. The first kappa shape index (κ1) is 18.3. The molecule has 33 heavy (non-hydrogen) atoms. The van der Waals surface area contributed by atoms with Gasteiger partial charge in [-0.25, -0.2) is 0 Å².